The monoisotopic (exact) mass is 328 g/mol. The summed E-state index contributed by atoms with van der Waals surface area (Å²) in [5.41, 5.74) is 3.34. The molecule has 24 heavy (non-hydrogen) atoms. The molecule has 1 aromatic heterocycles. The van der Waals surface area contributed by atoms with Crippen LogP contribution in [0.3, 0.4) is 0 Å². The zero-order chi connectivity index (χ0) is 17.1. The van der Waals surface area contributed by atoms with E-state index in [-0.39, 0.29) is 18.6 Å². The van der Waals surface area contributed by atoms with Gasteiger partial charge in [0.15, 0.2) is 6.61 Å². The van der Waals surface area contributed by atoms with Gasteiger partial charge in [0.05, 0.1) is 6.04 Å². The quantitative estimate of drug-likeness (QED) is 0.865. The van der Waals surface area contributed by atoms with E-state index in [9.17, 15) is 4.79 Å². The Morgan fingerprint density at radius 1 is 1.29 bits per heavy atom. The van der Waals surface area contributed by atoms with Crippen molar-refractivity contribution >= 4 is 5.91 Å². The first-order valence-electron chi connectivity index (χ1n) is 8.37. The van der Waals surface area contributed by atoms with Crippen LogP contribution in [0.2, 0.25) is 0 Å². The summed E-state index contributed by atoms with van der Waals surface area (Å²) in [7, 11) is 0. The molecular weight excluding hydrogens is 304 g/mol. The number of nitrogens with zero attached hydrogens (tertiary/aromatic N) is 4. The second kappa shape index (κ2) is 7.03. The van der Waals surface area contributed by atoms with Gasteiger partial charge in [-0.05, 0) is 44.7 Å². The normalized spacial score (nSPS) is 17.8. The van der Waals surface area contributed by atoms with E-state index in [1.54, 1.807) is 6.33 Å². The summed E-state index contributed by atoms with van der Waals surface area (Å²) in [6.45, 7) is 7.61. The highest BCUT2D eigenvalue weighted by atomic mass is 16.5. The Kier molecular flexibility index (Phi) is 4.83. The summed E-state index contributed by atoms with van der Waals surface area (Å²) < 4.78 is 7.68. The van der Waals surface area contributed by atoms with E-state index < -0.39 is 0 Å². The van der Waals surface area contributed by atoms with Gasteiger partial charge < -0.3 is 9.64 Å². The number of hydrogen-bond acceptors (Lipinski definition) is 4. The summed E-state index contributed by atoms with van der Waals surface area (Å²) in [5.74, 6) is 0.845. The van der Waals surface area contributed by atoms with Crippen molar-refractivity contribution in [1.29, 1.82) is 0 Å². The van der Waals surface area contributed by atoms with Crippen LogP contribution in [0, 0.1) is 20.8 Å². The molecule has 2 aromatic rings. The molecule has 0 saturated carbocycles. The Balaban J connectivity index is 1.61. The molecule has 6 heteroatoms. The number of hydrogen-bond donors (Lipinski definition) is 0. The lowest BCUT2D eigenvalue weighted by Gasteiger charge is -2.32. The highest BCUT2D eigenvalue weighted by molar-refractivity contribution is 5.78. The van der Waals surface area contributed by atoms with Crippen LogP contribution in [0.25, 0.3) is 0 Å². The minimum atomic E-state index is 0.0270. The molecule has 0 bridgehead atoms. The van der Waals surface area contributed by atoms with E-state index in [0.717, 1.165) is 36.3 Å². The molecule has 6 nitrogen and oxygen atoms in total. The topological polar surface area (TPSA) is 60.2 Å². The molecule has 1 unspecified atom stereocenters. The molecule has 0 spiro atoms. The van der Waals surface area contributed by atoms with Gasteiger partial charge >= 0.3 is 0 Å². The first-order valence-corrected chi connectivity index (χ1v) is 8.37. The fourth-order valence-electron chi connectivity index (χ4n) is 3.42. The third kappa shape index (κ3) is 3.58. The molecule has 1 aliphatic rings. The van der Waals surface area contributed by atoms with Crippen molar-refractivity contribution in [2.75, 3.05) is 19.7 Å². The summed E-state index contributed by atoms with van der Waals surface area (Å²) in [6, 6.07) is 4.36. The van der Waals surface area contributed by atoms with Gasteiger partial charge in [-0.15, -0.1) is 0 Å². The summed E-state index contributed by atoms with van der Waals surface area (Å²) in [4.78, 5) is 18.4. The fourth-order valence-corrected chi connectivity index (χ4v) is 3.42. The van der Waals surface area contributed by atoms with Gasteiger partial charge in [-0.2, -0.15) is 5.10 Å². The summed E-state index contributed by atoms with van der Waals surface area (Å²) >= 11 is 0. The summed E-state index contributed by atoms with van der Waals surface area (Å²) in [6.07, 6.45) is 5.24. The standard InChI is InChI=1S/C18H24N4O2/c1-13-7-14(2)18(15(3)8-13)24-10-17(23)21-6-4-5-16(9-21)22-12-19-11-20-22/h7-8,11-12,16H,4-6,9-10H2,1-3H3. The maximum absolute atomic E-state index is 12.5. The summed E-state index contributed by atoms with van der Waals surface area (Å²) in [5, 5.41) is 4.20. The number of carbonyl (C=O) groups excluding carboxylic acids is 1. The highest BCUT2D eigenvalue weighted by Crippen LogP contribution is 2.25. The Bertz CT molecular complexity index is 689. The average Bonchev–Trinajstić information content (AvgIpc) is 3.08. The van der Waals surface area contributed by atoms with Gasteiger partial charge in [0, 0.05) is 13.1 Å². The van der Waals surface area contributed by atoms with Crippen LogP contribution in [0.1, 0.15) is 35.6 Å². The van der Waals surface area contributed by atoms with Gasteiger partial charge in [-0.25, -0.2) is 9.67 Å². The van der Waals surface area contributed by atoms with Crippen molar-refractivity contribution < 1.29 is 9.53 Å². The van der Waals surface area contributed by atoms with Crippen LogP contribution in [0.4, 0.5) is 0 Å². The number of rotatable bonds is 4. The molecule has 128 valence electrons. The van der Waals surface area contributed by atoms with Crippen molar-refractivity contribution in [3.63, 3.8) is 0 Å². The zero-order valence-corrected chi connectivity index (χ0v) is 14.5. The first-order chi connectivity index (χ1) is 11.5. The van der Waals surface area contributed by atoms with Crippen molar-refractivity contribution in [3.8, 4) is 5.75 Å². The second-order valence-electron chi connectivity index (χ2n) is 6.53. The second-order valence-corrected chi connectivity index (χ2v) is 6.53. The average molecular weight is 328 g/mol. The van der Waals surface area contributed by atoms with Crippen molar-refractivity contribution in [3.05, 3.63) is 41.5 Å². The molecular formula is C18H24N4O2. The Morgan fingerprint density at radius 2 is 2.04 bits per heavy atom. The van der Waals surface area contributed by atoms with Crippen LogP contribution in [0.5, 0.6) is 5.75 Å². The van der Waals surface area contributed by atoms with Crippen LogP contribution < -0.4 is 4.74 Å². The number of ether oxygens (including phenoxy) is 1. The molecule has 1 aliphatic heterocycles. The molecule has 0 aliphatic carbocycles. The number of likely N-dealkylation sites (tertiary alicyclic amines) is 1. The molecule has 1 aromatic carbocycles. The largest absolute Gasteiger partial charge is 0.483 e. The van der Waals surface area contributed by atoms with Crippen LogP contribution in [-0.4, -0.2) is 45.3 Å². The lowest BCUT2D eigenvalue weighted by Crippen LogP contribution is -2.43. The van der Waals surface area contributed by atoms with Gasteiger partial charge in [0.25, 0.3) is 5.91 Å². The van der Waals surface area contributed by atoms with E-state index in [4.69, 9.17) is 4.74 Å². The van der Waals surface area contributed by atoms with Gasteiger partial charge in [0.2, 0.25) is 0 Å². The molecule has 3 rings (SSSR count). The molecule has 1 atom stereocenters. The molecule has 0 radical (unpaired) electrons. The highest BCUT2D eigenvalue weighted by Gasteiger charge is 2.25. The Hall–Kier alpha value is -2.37. The van der Waals surface area contributed by atoms with Gasteiger partial charge in [-0.3, -0.25) is 4.79 Å². The van der Waals surface area contributed by atoms with Gasteiger partial charge in [0.1, 0.15) is 18.4 Å². The van der Waals surface area contributed by atoms with E-state index in [1.807, 2.05) is 23.4 Å². The predicted molar refractivity (Wildman–Crippen MR) is 91.0 cm³/mol. The Labute approximate surface area is 142 Å². The number of aryl methyl sites for hydroxylation is 3. The fraction of sp³-hybridized carbons (Fsp3) is 0.500. The van der Waals surface area contributed by atoms with Crippen LogP contribution in [-0.2, 0) is 4.79 Å². The minimum Gasteiger partial charge on any atom is -0.483 e. The molecule has 1 amide bonds. The lowest BCUT2D eigenvalue weighted by atomic mass is 10.1. The number of amides is 1. The molecule has 1 fully saturated rings. The third-order valence-corrected chi connectivity index (χ3v) is 4.50. The first kappa shape index (κ1) is 16.5. The van der Waals surface area contributed by atoms with Crippen LogP contribution >= 0.6 is 0 Å². The van der Waals surface area contributed by atoms with E-state index in [2.05, 4.69) is 29.1 Å². The number of piperidine rings is 1. The van der Waals surface area contributed by atoms with Crippen molar-refractivity contribution in [2.24, 2.45) is 0 Å². The predicted octanol–water partition coefficient (Wildman–Crippen LogP) is 2.45. The SMILES string of the molecule is Cc1cc(C)c(OCC(=O)N2CCCC(n3cncn3)C2)c(C)c1. The smallest absolute Gasteiger partial charge is 0.260 e. The third-order valence-electron chi connectivity index (χ3n) is 4.50. The maximum atomic E-state index is 12.5. The molecule has 0 N–H and O–H groups in total. The van der Waals surface area contributed by atoms with Crippen molar-refractivity contribution in [2.45, 2.75) is 39.7 Å². The van der Waals surface area contributed by atoms with E-state index >= 15 is 0 Å². The minimum absolute atomic E-state index is 0.0270. The molecule has 1 saturated heterocycles. The maximum Gasteiger partial charge on any atom is 0.260 e. The number of aromatic nitrogens is 3. The molecule has 2 heterocycles. The van der Waals surface area contributed by atoms with Crippen molar-refractivity contribution in [1.82, 2.24) is 19.7 Å². The van der Waals surface area contributed by atoms with E-state index in [0.29, 0.717) is 6.54 Å². The van der Waals surface area contributed by atoms with Gasteiger partial charge in [-0.1, -0.05) is 17.7 Å². The Morgan fingerprint density at radius 3 is 2.71 bits per heavy atom. The lowest BCUT2D eigenvalue weighted by molar-refractivity contribution is -0.135. The number of benzene rings is 1. The number of carbonyl (C=O) groups is 1. The zero-order valence-electron chi connectivity index (χ0n) is 14.5. The van der Waals surface area contributed by atoms with E-state index in [1.165, 1.54) is 11.9 Å². The van der Waals surface area contributed by atoms with Crippen LogP contribution in [0.15, 0.2) is 24.8 Å².